The Morgan fingerprint density at radius 2 is 1.69 bits per heavy atom. The summed E-state index contributed by atoms with van der Waals surface area (Å²) in [5.41, 5.74) is 0.756. The first-order valence-electron chi connectivity index (χ1n) is 13.6. The number of fused-ring (bicyclic) bond motifs is 1. The van der Waals surface area contributed by atoms with Crippen molar-refractivity contribution in [3.63, 3.8) is 0 Å². The van der Waals surface area contributed by atoms with Crippen molar-refractivity contribution >= 4 is 45.9 Å². The molecule has 42 heavy (non-hydrogen) atoms. The van der Waals surface area contributed by atoms with Gasteiger partial charge in [-0.15, -0.1) is 0 Å². The van der Waals surface area contributed by atoms with Crippen molar-refractivity contribution in [2.24, 2.45) is 0 Å². The van der Waals surface area contributed by atoms with Gasteiger partial charge in [-0.05, 0) is 37.3 Å². The maximum atomic E-state index is 15.3. The molecule has 2 amide bonds. The Hall–Kier alpha value is -4.68. The standard InChI is InChI=1S/C29H31F2N5O6/c1-4-33-16-21(28(39)41-3)27(38)20-12-23(31)26(13-25(20)33)35-9-7-34(8-10-35)24-6-5-18(11-22(24)30)36-15-19(42-29(36)40)14-32-17(2)37/h5-6,11-13,16,19H,4,7-10,14-15H2,1-3H3,(H,32,37). The average Bonchev–Trinajstić information content (AvgIpc) is 3.36. The van der Waals surface area contributed by atoms with E-state index < -0.39 is 35.2 Å². The predicted molar refractivity (Wildman–Crippen MR) is 152 cm³/mol. The Morgan fingerprint density at radius 1 is 1.02 bits per heavy atom. The van der Waals surface area contributed by atoms with E-state index >= 15 is 8.78 Å². The van der Waals surface area contributed by atoms with Gasteiger partial charge in [-0.25, -0.2) is 18.4 Å². The number of anilines is 3. The number of benzene rings is 2. The molecule has 2 aromatic carbocycles. The molecule has 2 aliphatic heterocycles. The molecule has 2 aliphatic rings. The smallest absolute Gasteiger partial charge is 0.414 e. The highest BCUT2D eigenvalue weighted by Gasteiger charge is 2.33. The van der Waals surface area contributed by atoms with Crippen molar-refractivity contribution in [2.75, 3.05) is 61.1 Å². The number of rotatable bonds is 7. The maximum absolute atomic E-state index is 15.3. The summed E-state index contributed by atoms with van der Waals surface area (Å²) in [5.74, 6) is -2.12. The number of pyridine rings is 1. The van der Waals surface area contributed by atoms with Gasteiger partial charge in [0.15, 0.2) is 0 Å². The monoisotopic (exact) mass is 583 g/mol. The van der Waals surface area contributed by atoms with Crippen LogP contribution in [0.5, 0.6) is 0 Å². The summed E-state index contributed by atoms with van der Waals surface area (Å²) in [4.78, 5) is 53.4. The number of aromatic nitrogens is 1. The van der Waals surface area contributed by atoms with Gasteiger partial charge in [0, 0.05) is 51.2 Å². The number of methoxy groups -OCH3 is 1. The first kappa shape index (κ1) is 28.8. The lowest BCUT2D eigenvalue weighted by molar-refractivity contribution is -0.119. The average molecular weight is 584 g/mol. The van der Waals surface area contributed by atoms with E-state index in [9.17, 15) is 19.2 Å². The number of cyclic esters (lactones) is 1. The molecule has 0 saturated carbocycles. The molecule has 0 aliphatic carbocycles. The molecule has 1 N–H and O–H groups in total. The quantitative estimate of drug-likeness (QED) is 0.423. The van der Waals surface area contributed by atoms with Gasteiger partial charge >= 0.3 is 12.1 Å². The van der Waals surface area contributed by atoms with Crippen molar-refractivity contribution in [3.8, 4) is 0 Å². The molecule has 1 atom stereocenters. The van der Waals surface area contributed by atoms with E-state index in [1.165, 1.54) is 31.2 Å². The second-order valence-electron chi connectivity index (χ2n) is 10.1. The molecule has 2 saturated heterocycles. The molecule has 13 heteroatoms. The third kappa shape index (κ3) is 5.46. The minimum atomic E-state index is -0.781. The van der Waals surface area contributed by atoms with E-state index in [1.54, 1.807) is 22.8 Å². The summed E-state index contributed by atoms with van der Waals surface area (Å²) in [6, 6.07) is 7.28. The second-order valence-corrected chi connectivity index (χ2v) is 10.1. The van der Waals surface area contributed by atoms with E-state index in [4.69, 9.17) is 9.47 Å². The lowest BCUT2D eigenvalue weighted by Gasteiger charge is -2.37. The SMILES string of the molecule is CCn1cc(C(=O)OC)c(=O)c2cc(F)c(N3CCN(c4ccc(N5CC(CNC(C)=O)OC5=O)cc4F)CC3)cc21. The van der Waals surface area contributed by atoms with Crippen molar-refractivity contribution in [1.29, 1.82) is 0 Å². The summed E-state index contributed by atoms with van der Waals surface area (Å²) in [5, 5.41) is 2.69. The van der Waals surface area contributed by atoms with Crippen LogP contribution in [0.25, 0.3) is 10.9 Å². The molecule has 1 aromatic heterocycles. The first-order valence-corrected chi connectivity index (χ1v) is 13.6. The Bertz CT molecular complexity index is 1620. The molecule has 0 bridgehead atoms. The van der Waals surface area contributed by atoms with Gasteiger partial charge in [0.05, 0.1) is 42.8 Å². The number of esters is 1. The minimum absolute atomic E-state index is 0.0881. The molecule has 2 fully saturated rings. The van der Waals surface area contributed by atoms with Crippen LogP contribution in [0.3, 0.4) is 0 Å². The normalized spacial score (nSPS) is 17.0. The van der Waals surface area contributed by atoms with Crippen LogP contribution < -0.4 is 25.4 Å². The number of carbonyl (C=O) groups is 3. The fourth-order valence-corrected chi connectivity index (χ4v) is 5.36. The fraction of sp³-hybridized carbons (Fsp3) is 0.379. The number of carbonyl (C=O) groups excluding carboxylic acids is 3. The van der Waals surface area contributed by atoms with Crippen molar-refractivity contribution < 1.29 is 32.6 Å². The minimum Gasteiger partial charge on any atom is -0.465 e. The fourth-order valence-electron chi connectivity index (χ4n) is 5.36. The third-order valence-corrected chi connectivity index (χ3v) is 7.55. The highest BCUT2D eigenvalue weighted by molar-refractivity contribution is 5.94. The van der Waals surface area contributed by atoms with Crippen LogP contribution in [0.1, 0.15) is 24.2 Å². The number of ether oxygens (including phenoxy) is 2. The van der Waals surface area contributed by atoms with E-state index in [1.807, 2.05) is 16.7 Å². The van der Waals surface area contributed by atoms with E-state index in [2.05, 4.69) is 5.32 Å². The van der Waals surface area contributed by atoms with Gasteiger partial charge in [0.1, 0.15) is 23.3 Å². The van der Waals surface area contributed by atoms with Crippen molar-refractivity contribution in [1.82, 2.24) is 9.88 Å². The van der Waals surface area contributed by atoms with Crippen LogP contribution in [-0.4, -0.2) is 75.0 Å². The van der Waals surface area contributed by atoms with E-state index in [-0.39, 0.29) is 29.9 Å². The summed E-state index contributed by atoms with van der Waals surface area (Å²) in [6.07, 6.45) is 0.279. The van der Waals surface area contributed by atoms with Crippen molar-refractivity contribution in [2.45, 2.75) is 26.5 Å². The Morgan fingerprint density at radius 3 is 2.31 bits per heavy atom. The predicted octanol–water partition coefficient (Wildman–Crippen LogP) is 2.87. The van der Waals surface area contributed by atoms with Crippen molar-refractivity contribution in [3.05, 3.63) is 63.9 Å². The molecular formula is C29H31F2N5O6. The van der Waals surface area contributed by atoms with Crippen LogP contribution in [0.4, 0.5) is 30.6 Å². The number of aryl methyl sites for hydroxylation is 1. The first-order chi connectivity index (χ1) is 20.1. The van der Waals surface area contributed by atoms with Crippen LogP contribution in [0.15, 0.2) is 41.3 Å². The molecule has 3 heterocycles. The summed E-state index contributed by atoms with van der Waals surface area (Å²) in [6.45, 7) is 5.61. The number of nitrogens with zero attached hydrogens (tertiary/aromatic N) is 4. The lowest BCUT2D eigenvalue weighted by Crippen LogP contribution is -2.47. The zero-order valence-corrected chi connectivity index (χ0v) is 23.5. The number of halogens is 2. The highest BCUT2D eigenvalue weighted by Crippen LogP contribution is 2.31. The van der Waals surface area contributed by atoms with Crippen LogP contribution in [0, 0.1) is 11.6 Å². The number of hydrogen-bond donors (Lipinski definition) is 1. The van der Waals surface area contributed by atoms with Gasteiger partial charge in [-0.2, -0.15) is 0 Å². The zero-order chi connectivity index (χ0) is 30.1. The number of hydrogen-bond acceptors (Lipinski definition) is 8. The molecule has 5 rings (SSSR count). The molecular weight excluding hydrogens is 552 g/mol. The van der Waals surface area contributed by atoms with Gasteiger partial charge in [-0.3, -0.25) is 14.5 Å². The third-order valence-electron chi connectivity index (χ3n) is 7.55. The van der Waals surface area contributed by atoms with Crippen LogP contribution in [0.2, 0.25) is 0 Å². The second kappa shape index (κ2) is 11.7. The Kier molecular flexibility index (Phi) is 8.01. The summed E-state index contributed by atoms with van der Waals surface area (Å²) >= 11 is 0. The van der Waals surface area contributed by atoms with E-state index in [0.717, 1.165) is 6.07 Å². The van der Waals surface area contributed by atoms with Gasteiger partial charge in [0.25, 0.3) is 0 Å². The molecule has 1 unspecified atom stereocenters. The van der Waals surface area contributed by atoms with Gasteiger partial charge in [0.2, 0.25) is 11.3 Å². The Labute approximate surface area is 240 Å². The maximum Gasteiger partial charge on any atom is 0.414 e. The summed E-state index contributed by atoms with van der Waals surface area (Å²) in [7, 11) is 1.18. The van der Waals surface area contributed by atoms with Crippen LogP contribution >= 0.6 is 0 Å². The molecule has 11 nitrogen and oxygen atoms in total. The molecule has 222 valence electrons. The highest BCUT2D eigenvalue weighted by atomic mass is 19.1. The number of nitrogens with one attached hydrogen (secondary N) is 1. The topological polar surface area (TPSA) is 113 Å². The van der Waals surface area contributed by atoms with Gasteiger partial charge < -0.3 is 29.2 Å². The molecule has 0 radical (unpaired) electrons. The van der Waals surface area contributed by atoms with Gasteiger partial charge in [-0.1, -0.05) is 0 Å². The largest absolute Gasteiger partial charge is 0.465 e. The lowest BCUT2D eigenvalue weighted by atomic mass is 10.1. The zero-order valence-electron chi connectivity index (χ0n) is 23.5. The molecule has 3 aromatic rings. The molecule has 0 spiro atoms. The number of amides is 2. The number of piperazine rings is 1. The van der Waals surface area contributed by atoms with E-state index in [0.29, 0.717) is 55.3 Å². The van der Waals surface area contributed by atoms with Crippen LogP contribution in [-0.2, 0) is 20.8 Å². The Balaban J connectivity index is 1.31. The summed E-state index contributed by atoms with van der Waals surface area (Å²) < 4.78 is 42.2.